The number of unbranched alkanes of at least 4 members (excludes halogenated alkanes) is 1. The molecule has 0 aliphatic carbocycles. The van der Waals surface area contributed by atoms with Crippen molar-refractivity contribution in [3.63, 3.8) is 0 Å². The SMILES string of the molecule is CCCCN(CCN)C(=O)c1cc(F)c(F)c(O)c1F. The second kappa shape index (κ2) is 7.14. The summed E-state index contributed by atoms with van der Waals surface area (Å²) in [6.45, 7) is 2.56. The summed E-state index contributed by atoms with van der Waals surface area (Å²) in [6, 6.07) is 0.447. The Morgan fingerprint density at radius 3 is 2.50 bits per heavy atom. The minimum atomic E-state index is -1.71. The van der Waals surface area contributed by atoms with Crippen LogP contribution in [0.2, 0.25) is 0 Å². The van der Waals surface area contributed by atoms with E-state index in [-0.39, 0.29) is 13.1 Å². The summed E-state index contributed by atoms with van der Waals surface area (Å²) in [6.07, 6.45) is 1.48. The molecule has 0 spiro atoms. The van der Waals surface area contributed by atoms with E-state index in [1.807, 2.05) is 6.92 Å². The third-order valence-electron chi connectivity index (χ3n) is 2.83. The molecule has 0 unspecified atom stereocenters. The highest BCUT2D eigenvalue weighted by atomic mass is 19.2. The fraction of sp³-hybridized carbons (Fsp3) is 0.462. The van der Waals surface area contributed by atoms with Crippen molar-refractivity contribution in [2.45, 2.75) is 19.8 Å². The van der Waals surface area contributed by atoms with Gasteiger partial charge in [-0.25, -0.2) is 8.78 Å². The number of aromatic hydroxyl groups is 1. The Morgan fingerprint density at radius 2 is 1.95 bits per heavy atom. The van der Waals surface area contributed by atoms with Gasteiger partial charge < -0.3 is 15.7 Å². The van der Waals surface area contributed by atoms with Gasteiger partial charge in [0.05, 0.1) is 5.56 Å². The fourth-order valence-corrected chi connectivity index (χ4v) is 1.74. The van der Waals surface area contributed by atoms with E-state index in [9.17, 15) is 18.0 Å². The van der Waals surface area contributed by atoms with Crippen molar-refractivity contribution in [2.24, 2.45) is 5.73 Å². The van der Waals surface area contributed by atoms with Crippen LogP contribution >= 0.6 is 0 Å². The van der Waals surface area contributed by atoms with E-state index in [0.29, 0.717) is 19.0 Å². The molecule has 1 aromatic carbocycles. The van der Waals surface area contributed by atoms with Crippen molar-refractivity contribution in [3.8, 4) is 5.75 Å². The summed E-state index contributed by atoms with van der Waals surface area (Å²) in [5, 5.41) is 9.12. The lowest BCUT2D eigenvalue weighted by Crippen LogP contribution is -2.36. The molecule has 112 valence electrons. The minimum absolute atomic E-state index is 0.159. The molecular weight excluding hydrogens is 273 g/mol. The average Bonchev–Trinajstić information content (AvgIpc) is 2.44. The number of nitrogens with zero attached hydrogens (tertiary/aromatic N) is 1. The second-order valence-corrected chi connectivity index (χ2v) is 4.32. The number of rotatable bonds is 6. The Labute approximate surface area is 115 Å². The van der Waals surface area contributed by atoms with Crippen molar-refractivity contribution in [2.75, 3.05) is 19.6 Å². The van der Waals surface area contributed by atoms with Crippen LogP contribution in [0, 0.1) is 17.5 Å². The summed E-state index contributed by atoms with van der Waals surface area (Å²) in [7, 11) is 0. The number of carbonyl (C=O) groups excluding carboxylic acids is 1. The normalized spacial score (nSPS) is 10.7. The van der Waals surface area contributed by atoms with Gasteiger partial charge in [-0.2, -0.15) is 4.39 Å². The molecule has 0 bridgehead atoms. The first kappa shape index (κ1) is 16.3. The van der Waals surface area contributed by atoms with E-state index in [2.05, 4.69) is 0 Å². The first-order valence-corrected chi connectivity index (χ1v) is 6.29. The number of phenolic OH excluding ortho intramolecular Hbond substituents is 1. The van der Waals surface area contributed by atoms with E-state index < -0.39 is 34.7 Å². The van der Waals surface area contributed by atoms with Crippen LogP contribution in [-0.4, -0.2) is 35.5 Å². The van der Waals surface area contributed by atoms with Gasteiger partial charge in [0.2, 0.25) is 5.82 Å². The zero-order valence-electron chi connectivity index (χ0n) is 11.1. The molecule has 0 saturated heterocycles. The van der Waals surface area contributed by atoms with E-state index in [4.69, 9.17) is 10.8 Å². The Morgan fingerprint density at radius 1 is 1.30 bits per heavy atom. The lowest BCUT2D eigenvalue weighted by Gasteiger charge is -2.22. The van der Waals surface area contributed by atoms with Gasteiger partial charge in [-0.1, -0.05) is 13.3 Å². The van der Waals surface area contributed by atoms with Crippen LogP contribution in [0.3, 0.4) is 0 Å². The van der Waals surface area contributed by atoms with Crippen LogP contribution in [0.4, 0.5) is 13.2 Å². The minimum Gasteiger partial charge on any atom is -0.503 e. The first-order chi connectivity index (χ1) is 9.43. The number of carbonyl (C=O) groups is 1. The maximum Gasteiger partial charge on any atom is 0.257 e. The predicted octanol–water partition coefficient (Wildman–Crippen LogP) is 2.01. The number of amides is 1. The third kappa shape index (κ3) is 3.41. The quantitative estimate of drug-likeness (QED) is 0.788. The molecule has 0 aliphatic rings. The van der Waals surface area contributed by atoms with Crippen molar-refractivity contribution in [1.29, 1.82) is 0 Å². The summed E-state index contributed by atoms with van der Waals surface area (Å²) in [5.74, 6) is -6.96. The highest BCUT2D eigenvalue weighted by Gasteiger charge is 2.25. The van der Waals surface area contributed by atoms with Gasteiger partial charge in [0.15, 0.2) is 17.4 Å². The smallest absolute Gasteiger partial charge is 0.257 e. The van der Waals surface area contributed by atoms with Crippen molar-refractivity contribution >= 4 is 5.91 Å². The Kier molecular flexibility index (Phi) is 5.82. The molecule has 0 radical (unpaired) electrons. The molecule has 1 aromatic rings. The molecule has 1 rings (SSSR count). The van der Waals surface area contributed by atoms with Gasteiger partial charge in [-0.15, -0.1) is 0 Å². The molecule has 7 heteroatoms. The standard InChI is InChI=1S/C13H17F3N2O2/c1-2-3-5-18(6-4-17)13(20)8-7-9(14)11(16)12(19)10(8)15/h7,19H,2-6,17H2,1H3. The van der Waals surface area contributed by atoms with Gasteiger partial charge >= 0.3 is 0 Å². The molecule has 0 aliphatic heterocycles. The number of benzene rings is 1. The van der Waals surface area contributed by atoms with Crippen LogP contribution in [0.1, 0.15) is 30.1 Å². The maximum absolute atomic E-state index is 13.7. The molecule has 0 fully saturated rings. The molecule has 0 atom stereocenters. The molecule has 3 N–H and O–H groups in total. The molecule has 1 amide bonds. The van der Waals surface area contributed by atoms with Crippen molar-refractivity contribution in [3.05, 3.63) is 29.1 Å². The van der Waals surface area contributed by atoms with Gasteiger partial charge in [0.1, 0.15) is 0 Å². The topological polar surface area (TPSA) is 66.6 Å². The van der Waals surface area contributed by atoms with E-state index in [0.717, 1.165) is 6.42 Å². The zero-order valence-corrected chi connectivity index (χ0v) is 11.1. The summed E-state index contributed by atoms with van der Waals surface area (Å²) in [4.78, 5) is 13.4. The largest absolute Gasteiger partial charge is 0.503 e. The van der Waals surface area contributed by atoms with Gasteiger partial charge in [-0.3, -0.25) is 4.79 Å². The molecule has 0 saturated carbocycles. The average molecular weight is 290 g/mol. The predicted molar refractivity (Wildman–Crippen MR) is 67.8 cm³/mol. The Bertz CT molecular complexity index is 495. The maximum atomic E-state index is 13.7. The molecule has 0 heterocycles. The third-order valence-corrected chi connectivity index (χ3v) is 2.83. The van der Waals surface area contributed by atoms with Crippen molar-refractivity contribution < 1.29 is 23.1 Å². The number of nitrogens with two attached hydrogens (primary N) is 1. The van der Waals surface area contributed by atoms with Gasteiger partial charge in [-0.05, 0) is 12.5 Å². The summed E-state index contributed by atoms with van der Waals surface area (Å²) in [5.41, 5.74) is 4.67. The lowest BCUT2D eigenvalue weighted by atomic mass is 10.1. The summed E-state index contributed by atoms with van der Waals surface area (Å²) >= 11 is 0. The monoisotopic (exact) mass is 290 g/mol. The number of hydrogen-bond donors (Lipinski definition) is 2. The van der Waals surface area contributed by atoms with Crippen LogP contribution in [-0.2, 0) is 0 Å². The van der Waals surface area contributed by atoms with E-state index in [1.54, 1.807) is 0 Å². The van der Waals surface area contributed by atoms with Crippen molar-refractivity contribution in [1.82, 2.24) is 4.90 Å². The zero-order chi connectivity index (χ0) is 15.3. The van der Waals surface area contributed by atoms with Gasteiger partial charge in [0, 0.05) is 19.6 Å². The van der Waals surface area contributed by atoms with Crippen LogP contribution in [0.15, 0.2) is 6.07 Å². The Balaban J connectivity index is 3.11. The Hall–Kier alpha value is -1.76. The number of halogens is 3. The highest BCUT2D eigenvalue weighted by Crippen LogP contribution is 2.26. The second-order valence-electron chi connectivity index (χ2n) is 4.32. The van der Waals surface area contributed by atoms with Gasteiger partial charge in [0.25, 0.3) is 5.91 Å². The number of phenols is 1. The van der Waals surface area contributed by atoms with E-state index in [1.165, 1.54) is 4.90 Å². The first-order valence-electron chi connectivity index (χ1n) is 6.29. The van der Waals surface area contributed by atoms with Crippen LogP contribution in [0.5, 0.6) is 5.75 Å². The fourth-order valence-electron chi connectivity index (χ4n) is 1.74. The number of hydrogen-bond acceptors (Lipinski definition) is 3. The van der Waals surface area contributed by atoms with Crippen LogP contribution < -0.4 is 5.73 Å². The lowest BCUT2D eigenvalue weighted by molar-refractivity contribution is 0.0751. The molecule has 20 heavy (non-hydrogen) atoms. The molecular formula is C13H17F3N2O2. The highest BCUT2D eigenvalue weighted by molar-refractivity contribution is 5.95. The van der Waals surface area contributed by atoms with E-state index >= 15 is 0 Å². The molecule has 4 nitrogen and oxygen atoms in total. The van der Waals surface area contributed by atoms with Crippen LogP contribution in [0.25, 0.3) is 0 Å². The summed E-state index contributed by atoms with van der Waals surface area (Å²) < 4.78 is 39.8. The molecule has 0 aromatic heterocycles.